The van der Waals surface area contributed by atoms with Crippen molar-refractivity contribution >= 4 is 27.5 Å². The molecule has 0 aromatic carbocycles. The van der Waals surface area contributed by atoms with Gasteiger partial charge in [0.05, 0.1) is 18.6 Å². The number of carbonyl (C=O) groups excluding carboxylic acids is 1. The lowest BCUT2D eigenvalue weighted by atomic mass is 10.4. The van der Waals surface area contributed by atoms with Crippen LogP contribution < -0.4 is 10.0 Å². The van der Waals surface area contributed by atoms with Gasteiger partial charge in [-0.2, -0.15) is 0 Å². The Kier molecular flexibility index (Phi) is 5.45. The summed E-state index contributed by atoms with van der Waals surface area (Å²) in [5, 5.41) is 2.72. The molecule has 0 unspecified atom stereocenters. The highest BCUT2D eigenvalue weighted by atomic mass is 35.5. The number of halogens is 1. The molecule has 0 saturated heterocycles. The molecule has 9 heteroatoms. The molecule has 0 saturated carbocycles. The van der Waals surface area contributed by atoms with Crippen LogP contribution in [0.15, 0.2) is 12.4 Å². The molecule has 0 fully saturated rings. The Morgan fingerprint density at radius 1 is 1.39 bits per heavy atom. The van der Waals surface area contributed by atoms with Crippen molar-refractivity contribution in [2.75, 3.05) is 19.3 Å². The topological polar surface area (TPSA) is 101 Å². The Bertz CT molecular complexity index is 520. The lowest BCUT2D eigenvalue weighted by Gasteiger charge is -2.05. The van der Waals surface area contributed by atoms with E-state index in [9.17, 15) is 13.2 Å². The predicted molar refractivity (Wildman–Crippen MR) is 66.8 cm³/mol. The maximum absolute atomic E-state index is 11.5. The van der Waals surface area contributed by atoms with Crippen molar-refractivity contribution < 1.29 is 13.2 Å². The molecule has 1 aromatic rings. The van der Waals surface area contributed by atoms with Crippen molar-refractivity contribution in [3.05, 3.63) is 23.2 Å². The van der Waals surface area contributed by atoms with Gasteiger partial charge in [-0.3, -0.25) is 9.78 Å². The smallest absolute Gasteiger partial charge is 0.271 e. The van der Waals surface area contributed by atoms with Gasteiger partial charge < -0.3 is 5.32 Å². The van der Waals surface area contributed by atoms with E-state index in [0.717, 1.165) is 6.26 Å². The molecule has 0 radical (unpaired) electrons. The first-order valence-corrected chi connectivity index (χ1v) is 7.36. The molecule has 0 aliphatic heterocycles. The first kappa shape index (κ1) is 14.8. The monoisotopic (exact) mass is 292 g/mol. The lowest BCUT2D eigenvalue weighted by Crippen LogP contribution is -2.29. The van der Waals surface area contributed by atoms with Gasteiger partial charge in [0.2, 0.25) is 10.0 Å². The van der Waals surface area contributed by atoms with Crippen molar-refractivity contribution in [3.8, 4) is 0 Å². The number of hydrogen-bond donors (Lipinski definition) is 2. The minimum Gasteiger partial charge on any atom is -0.351 e. The second kappa shape index (κ2) is 6.62. The summed E-state index contributed by atoms with van der Waals surface area (Å²) >= 11 is 5.59. The zero-order chi connectivity index (χ0) is 13.6. The molecular formula is C9H13ClN4O3S. The maximum Gasteiger partial charge on any atom is 0.271 e. The van der Waals surface area contributed by atoms with E-state index in [2.05, 4.69) is 20.0 Å². The van der Waals surface area contributed by atoms with Crippen molar-refractivity contribution in [1.29, 1.82) is 0 Å². The van der Waals surface area contributed by atoms with E-state index in [4.69, 9.17) is 11.6 Å². The minimum absolute atomic E-state index is 0.124. The lowest BCUT2D eigenvalue weighted by molar-refractivity contribution is 0.0948. The van der Waals surface area contributed by atoms with E-state index in [0.29, 0.717) is 13.0 Å². The molecule has 1 heterocycles. The molecule has 1 rings (SSSR count). The van der Waals surface area contributed by atoms with Crippen LogP contribution in [0, 0.1) is 0 Å². The molecule has 0 atom stereocenters. The third kappa shape index (κ3) is 5.89. The number of rotatable bonds is 6. The van der Waals surface area contributed by atoms with Gasteiger partial charge >= 0.3 is 0 Å². The molecule has 7 nitrogen and oxygen atoms in total. The maximum atomic E-state index is 11.5. The first-order chi connectivity index (χ1) is 8.38. The van der Waals surface area contributed by atoms with Crippen LogP contribution in [-0.4, -0.2) is 43.6 Å². The molecule has 0 aliphatic carbocycles. The van der Waals surface area contributed by atoms with Gasteiger partial charge in [-0.25, -0.2) is 18.1 Å². The van der Waals surface area contributed by atoms with Crippen molar-refractivity contribution in [1.82, 2.24) is 20.0 Å². The quantitative estimate of drug-likeness (QED) is 0.707. The summed E-state index contributed by atoms with van der Waals surface area (Å²) in [5.41, 5.74) is 0.124. The highest BCUT2D eigenvalue weighted by molar-refractivity contribution is 7.88. The van der Waals surface area contributed by atoms with Crippen LogP contribution in [0.5, 0.6) is 0 Å². The number of hydrogen-bond acceptors (Lipinski definition) is 5. The second-order valence-corrected chi connectivity index (χ2v) is 5.72. The molecule has 0 bridgehead atoms. The van der Waals surface area contributed by atoms with Crippen LogP contribution in [0.2, 0.25) is 5.15 Å². The Balaban J connectivity index is 2.30. The Labute approximate surface area is 110 Å². The highest BCUT2D eigenvalue weighted by Gasteiger charge is 2.07. The van der Waals surface area contributed by atoms with Crippen LogP contribution in [-0.2, 0) is 10.0 Å². The SMILES string of the molecule is CS(=O)(=O)NCCCNC(=O)c1cncc(Cl)n1. The van der Waals surface area contributed by atoms with Gasteiger partial charge in [-0.1, -0.05) is 11.6 Å². The van der Waals surface area contributed by atoms with E-state index in [-0.39, 0.29) is 17.4 Å². The summed E-state index contributed by atoms with van der Waals surface area (Å²) in [6.45, 7) is 0.593. The standard InChI is InChI=1S/C9H13ClN4O3S/c1-18(16,17)13-4-2-3-12-9(15)7-5-11-6-8(10)14-7/h5-6,13H,2-4H2,1H3,(H,12,15). The summed E-state index contributed by atoms with van der Waals surface area (Å²) in [7, 11) is -3.19. The molecule has 2 N–H and O–H groups in total. The number of sulfonamides is 1. The number of aromatic nitrogens is 2. The van der Waals surface area contributed by atoms with Crippen LogP contribution in [0.1, 0.15) is 16.9 Å². The van der Waals surface area contributed by atoms with E-state index >= 15 is 0 Å². The number of nitrogens with zero attached hydrogens (tertiary/aromatic N) is 2. The van der Waals surface area contributed by atoms with E-state index < -0.39 is 15.9 Å². The van der Waals surface area contributed by atoms with Crippen LogP contribution in [0.25, 0.3) is 0 Å². The van der Waals surface area contributed by atoms with Gasteiger partial charge in [0, 0.05) is 13.1 Å². The van der Waals surface area contributed by atoms with Gasteiger partial charge in [0.25, 0.3) is 5.91 Å². The third-order valence-electron chi connectivity index (χ3n) is 1.84. The largest absolute Gasteiger partial charge is 0.351 e. The highest BCUT2D eigenvalue weighted by Crippen LogP contribution is 2.01. The third-order valence-corrected chi connectivity index (χ3v) is 2.75. The van der Waals surface area contributed by atoms with Crippen LogP contribution >= 0.6 is 11.6 Å². The molecule has 18 heavy (non-hydrogen) atoms. The van der Waals surface area contributed by atoms with Crippen LogP contribution in [0.3, 0.4) is 0 Å². The molecule has 0 spiro atoms. The zero-order valence-electron chi connectivity index (χ0n) is 9.68. The molecule has 1 aromatic heterocycles. The fourth-order valence-corrected chi connectivity index (χ4v) is 1.75. The van der Waals surface area contributed by atoms with Gasteiger partial charge in [-0.15, -0.1) is 0 Å². The van der Waals surface area contributed by atoms with Crippen molar-refractivity contribution in [2.45, 2.75) is 6.42 Å². The summed E-state index contributed by atoms with van der Waals surface area (Å²) in [5.74, 6) is -0.399. The fraction of sp³-hybridized carbons (Fsp3) is 0.444. The van der Waals surface area contributed by atoms with E-state index in [1.54, 1.807) is 0 Å². The van der Waals surface area contributed by atoms with Gasteiger partial charge in [0.1, 0.15) is 10.8 Å². The number of nitrogens with one attached hydrogen (secondary N) is 2. The summed E-state index contributed by atoms with van der Waals surface area (Å²) in [6.07, 6.45) is 4.18. The first-order valence-electron chi connectivity index (χ1n) is 5.09. The molecule has 1 amide bonds. The Morgan fingerprint density at radius 2 is 2.11 bits per heavy atom. The number of carbonyl (C=O) groups is 1. The summed E-state index contributed by atoms with van der Waals surface area (Å²) in [4.78, 5) is 19.1. The van der Waals surface area contributed by atoms with E-state index in [1.807, 2.05) is 0 Å². The molecule has 0 aliphatic rings. The average molecular weight is 293 g/mol. The number of amides is 1. The van der Waals surface area contributed by atoms with Crippen molar-refractivity contribution in [2.24, 2.45) is 0 Å². The van der Waals surface area contributed by atoms with Crippen LogP contribution in [0.4, 0.5) is 0 Å². The molecular weight excluding hydrogens is 280 g/mol. The Hall–Kier alpha value is -1.25. The fourth-order valence-electron chi connectivity index (χ4n) is 1.09. The normalized spacial score (nSPS) is 11.2. The molecule has 100 valence electrons. The summed E-state index contributed by atoms with van der Waals surface area (Å²) in [6, 6.07) is 0. The van der Waals surface area contributed by atoms with Gasteiger partial charge in [0.15, 0.2) is 0 Å². The van der Waals surface area contributed by atoms with Gasteiger partial charge in [-0.05, 0) is 6.42 Å². The minimum atomic E-state index is -3.19. The second-order valence-electron chi connectivity index (χ2n) is 3.50. The Morgan fingerprint density at radius 3 is 2.72 bits per heavy atom. The summed E-state index contributed by atoms with van der Waals surface area (Å²) < 4.78 is 23.8. The van der Waals surface area contributed by atoms with Crippen molar-refractivity contribution in [3.63, 3.8) is 0 Å². The predicted octanol–water partition coefficient (Wildman–Crippen LogP) is -0.201. The zero-order valence-corrected chi connectivity index (χ0v) is 11.3. The average Bonchev–Trinajstić information content (AvgIpc) is 2.26. The van der Waals surface area contributed by atoms with E-state index in [1.165, 1.54) is 12.4 Å².